The van der Waals surface area contributed by atoms with Gasteiger partial charge in [-0.25, -0.2) is 4.98 Å². The molecule has 0 spiro atoms. The predicted molar refractivity (Wildman–Crippen MR) is 180 cm³/mol. The highest BCUT2D eigenvalue weighted by atomic mass is 35.5. The molecule has 1 aliphatic rings. The van der Waals surface area contributed by atoms with Gasteiger partial charge in [0.2, 0.25) is 11.8 Å². The third-order valence-corrected chi connectivity index (χ3v) is 8.84. The maximum absolute atomic E-state index is 13.2. The number of anilines is 1. The second-order valence-electron chi connectivity index (χ2n) is 11.6. The number of amides is 3. The number of carbonyl (C=O) groups excluding carboxylic acids is 3. The van der Waals surface area contributed by atoms with Gasteiger partial charge in [0.15, 0.2) is 5.13 Å². The Kier molecular flexibility index (Phi) is 11.0. The van der Waals surface area contributed by atoms with Crippen LogP contribution in [0.15, 0.2) is 90.3 Å². The fourth-order valence-corrected chi connectivity index (χ4v) is 6.57. The Balaban J connectivity index is 1.15. The number of halogens is 1. The van der Waals surface area contributed by atoms with Gasteiger partial charge < -0.3 is 15.1 Å². The molecule has 1 aromatic heterocycles. The molecule has 1 N–H and O–H groups in total. The molecule has 3 amide bonds. The number of aromatic nitrogens is 1. The van der Waals surface area contributed by atoms with Gasteiger partial charge in [-0.3, -0.25) is 19.3 Å². The molecule has 5 rings (SSSR count). The summed E-state index contributed by atoms with van der Waals surface area (Å²) in [4.78, 5) is 49.7. The van der Waals surface area contributed by atoms with E-state index in [2.05, 4.69) is 63.7 Å². The standard InChI is InChI=1S/C35H38ClN5O3S/c1-25(2)22-41(34(44)29-15-9-10-16-30(29)36)23-31(42)38-35-37-28(24-45-35)21-32(43)39-17-19-40(20-18-39)33(26-11-5-3-6-12-26)27-13-7-4-8-14-27/h3-16,24-25,33H,17-23H2,1-2H3,(H,37,38,42). The Bertz CT molecular complexity index is 1550. The lowest BCUT2D eigenvalue weighted by molar-refractivity contribution is -0.132. The minimum Gasteiger partial charge on any atom is -0.340 e. The molecule has 1 fully saturated rings. The molecule has 3 aromatic carbocycles. The molecule has 0 radical (unpaired) electrons. The maximum Gasteiger partial charge on any atom is 0.255 e. The van der Waals surface area contributed by atoms with Gasteiger partial charge in [-0.15, -0.1) is 11.3 Å². The first-order chi connectivity index (χ1) is 21.8. The molecule has 0 atom stereocenters. The van der Waals surface area contributed by atoms with Crippen molar-refractivity contribution >= 4 is 45.8 Å². The van der Waals surface area contributed by atoms with E-state index >= 15 is 0 Å². The van der Waals surface area contributed by atoms with Gasteiger partial charge in [-0.05, 0) is 29.2 Å². The van der Waals surface area contributed by atoms with Crippen LogP contribution in [0.25, 0.3) is 0 Å². The van der Waals surface area contributed by atoms with Crippen LogP contribution in [0, 0.1) is 5.92 Å². The number of carbonyl (C=O) groups is 3. The van der Waals surface area contributed by atoms with Crippen molar-refractivity contribution in [2.24, 2.45) is 5.92 Å². The Morgan fingerprint density at radius 1 is 0.889 bits per heavy atom. The van der Waals surface area contributed by atoms with E-state index in [4.69, 9.17) is 11.6 Å². The van der Waals surface area contributed by atoms with Crippen molar-refractivity contribution in [1.29, 1.82) is 0 Å². The minimum absolute atomic E-state index is 0.0160. The lowest BCUT2D eigenvalue weighted by Crippen LogP contribution is -2.50. The van der Waals surface area contributed by atoms with Crippen molar-refractivity contribution in [2.75, 3.05) is 44.6 Å². The summed E-state index contributed by atoms with van der Waals surface area (Å²) >= 11 is 7.52. The summed E-state index contributed by atoms with van der Waals surface area (Å²) in [5.74, 6) is -0.479. The highest BCUT2D eigenvalue weighted by Crippen LogP contribution is 2.29. The number of hydrogen-bond donors (Lipinski definition) is 1. The van der Waals surface area contributed by atoms with Crippen molar-refractivity contribution in [3.8, 4) is 0 Å². The SMILES string of the molecule is CC(C)CN(CC(=O)Nc1nc(CC(=O)N2CCN(C(c3ccccc3)c3ccccc3)CC2)cs1)C(=O)c1ccccc1Cl. The van der Waals surface area contributed by atoms with Crippen molar-refractivity contribution < 1.29 is 14.4 Å². The topological polar surface area (TPSA) is 85.8 Å². The zero-order valence-corrected chi connectivity index (χ0v) is 27.1. The average molecular weight is 644 g/mol. The van der Waals surface area contributed by atoms with Gasteiger partial charge in [0.05, 0.1) is 28.7 Å². The highest BCUT2D eigenvalue weighted by molar-refractivity contribution is 7.13. The van der Waals surface area contributed by atoms with Crippen LogP contribution in [0.1, 0.15) is 47.1 Å². The van der Waals surface area contributed by atoms with Crippen molar-refractivity contribution in [1.82, 2.24) is 19.7 Å². The van der Waals surface area contributed by atoms with Crippen LogP contribution in [0.5, 0.6) is 0 Å². The fourth-order valence-electron chi connectivity index (χ4n) is 5.62. The monoisotopic (exact) mass is 643 g/mol. The Hall–Kier alpha value is -4.05. The van der Waals surface area contributed by atoms with E-state index in [-0.39, 0.29) is 42.6 Å². The van der Waals surface area contributed by atoms with E-state index in [0.29, 0.717) is 41.0 Å². The molecule has 2 heterocycles. The Morgan fingerprint density at radius 2 is 1.49 bits per heavy atom. The zero-order chi connectivity index (χ0) is 31.8. The third-order valence-electron chi connectivity index (χ3n) is 7.70. The molecule has 234 valence electrons. The smallest absolute Gasteiger partial charge is 0.255 e. The number of nitrogens with one attached hydrogen (secondary N) is 1. The van der Waals surface area contributed by atoms with Crippen LogP contribution in [-0.2, 0) is 16.0 Å². The van der Waals surface area contributed by atoms with Gasteiger partial charge in [0.25, 0.3) is 5.91 Å². The molecule has 0 unspecified atom stereocenters. The van der Waals surface area contributed by atoms with Crippen LogP contribution < -0.4 is 5.32 Å². The van der Waals surface area contributed by atoms with E-state index in [1.165, 1.54) is 27.4 Å². The Morgan fingerprint density at radius 3 is 2.09 bits per heavy atom. The number of hydrogen-bond acceptors (Lipinski definition) is 6. The van der Waals surface area contributed by atoms with Gasteiger partial charge in [0.1, 0.15) is 6.54 Å². The van der Waals surface area contributed by atoms with Crippen LogP contribution in [0.4, 0.5) is 5.13 Å². The maximum atomic E-state index is 13.2. The summed E-state index contributed by atoms with van der Waals surface area (Å²) in [5, 5.41) is 5.34. The van der Waals surface area contributed by atoms with E-state index in [9.17, 15) is 14.4 Å². The molecular weight excluding hydrogens is 606 g/mol. The molecule has 10 heteroatoms. The van der Waals surface area contributed by atoms with Crippen LogP contribution in [0.3, 0.4) is 0 Å². The summed E-state index contributed by atoms with van der Waals surface area (Å²) in [6.45, 7) is 7.03. The predicted octanol–water partition coefficient (Wildman–Crippen LogP) is 6.01. The van der Waals surface area contributed by atoms with Crippen LogP contribution in [0.2, 0.25) is 5.02 Å². The third kappa shape index (κ3) is 8.57. The molecule has 0 aliphatic carbocycles. The molecule has 0 bridgehead atoms. The van der Waals surface area contributed by atoms with Gasteiger partial charge >= 0.3 is 0 Å². The molecular formula is C35H38ClN5O3S. The van der Waals surface area contributed by atoms with E-state index in [1.54, 1.807) is 29.6 Å². The van der Waals surface area contributed by atoms with Gasteiger partial charge in [-0.1, -0.05) is 98.2 Å². The lowest BCUT2D eigenvalue weighted by atomic mass is 9.96. The van der Waals surface area contributed by atoms with Gasteiger partial charge in [-0.2, -0.15) is 0 Å². The summed E-state index contributed by atoms with van der Waals surface area (Å²) in [6.07, 6.45) is 0.164. The fraction of sp³-hybridized carbons (Fsp3) is 0.314. The summed E-state index contributed by atoms with van der Waals surface area (Å²) in [6, 6.07) is 27.9. The second-order valence-corrected chi connectivity index (χ2v) is 12.8. The minimum atomic E-state index is -0.356. The van der Waals surface area contributed by atoms with Crippen molar-refractivity contribution in [2.45, 2.75) is 26.3 Å². The molecule has 1 aliphatic heterocycles. The average Bonchev–Trinajstić information content (AvgIpc) is 3.48. The van der Waals surface area contributed by atoms with E-state index < -0.39 is 0 Å². The number of piperazine rings is 1. The highest BCUT2D eigenvalue weighted by Gasteiger charge is 2.28. The van der Waals surface area contributed by atoms with E-state index in [0.717, 1.165) is 13.1 Å². The van der Waals surface area contributed by atoms with Crippen molar-refractivity contribution in [3.05, 3.63) is 118 Å². The number of rotatable bonds is 11. The Labute approximate surface area is 273 Å². The summed E-state index contributed by atoms with van der Waals surface area (Å²) < 4.78 is 0. The number of benzene rings is 3. The number of nitrogens with zero attached hydrogens (tertiary/aromatic N) is 4. The van der Waals surface area contributed by atoms with Gasteiger partial charge in [0, 0.05) is 38.1 Å². The first-order valence-electron chi connectivity index (χ1n) is 15.2. The molecule has 1 saturated heterocycles. The first kappa shape index (κ1) is 32.3. The quantitative estimate of drug-likeness (QED) is 0.216. The van der Waals surface area contributed by atoms with Crippen molar-refractivity contribution in [3.63, 3.8) is 0 Å². The molecule has 45 heavy (non-hydrogen) atoms. The second kappa shape index (κ2) is 15.3. The van der Waals surface area contributed by atoms with Crippen LogP contribution in [-0.4, -0.2) is 76.7 Å². The molecule has 8 nitrogen and oxygen atoms in total. The lowest BCUT2D eigenvalue weighted by Gasteiger charge is -2.39. The summed E-state index contributed by atoms with van der Waals surface area (Å²) in [7, 11) is 0. The first-order valence-corrected chi connectivity index (χ1v) is 16.4. The van der Waals surface area contributed by atoms with E-state index in [1.807, 2.05) is 30.9 Å². The largest absolute Gasteiger partial charge is 0.340 e. The zero-order valence-electron chi connectivity index (χ0n) is 25.6. The molecule has 4 aromatic rings. The van der Waals surface area contributed by atoms with Crippen LogP contribution >= 0.6 is 22.9 Å². The normalized spacial score (nSPS) is 13.7. The number of thiazole rings is 1. The molecule has 0 saturated carbocycles. The summed E-state index contributed by atoms with van der Waals surface area (Å²) in [5.41, 5.74) is 3.45.